The first-order valence-corrected chi connectivity index (χ1v) is 12.7. The summed E-state index contributed by atoms with van der Waals surface area (Å²) in [4.78, 5) is 0. The van der Waals surface area contributed by atoms with E-state index >= 15 is 0 Å². The maximum absolute atomic E-state index is 10.7. The van der Waals surface area contributed by atoms with Crippen molar-refractivity contribution in [2.24, 2.45) is 40.4 Å². The lowest BCUT2D eigenvalue weighted by Gasteiger charge is -2.58. The average Bonchev–Trinajstić information content (AvgIpc) is 3.04. The molecular formula is C28H46O2. The summed E-state index contributed by atoms with van der Waals surface area (Å²) in [7, 11) is 0. The quantitative estimate of drug-likeness (QED) is 0.493. The topological polar surface area (TPSA) is 40.5 Å². The monoisotopic (exact) mass is 414 g/mol. The molecule has 3 saturated carbocycles. The summed E-state index contributed by atoms with van der Waals surface area (Å²) in [5.74, 6) is 3.96. The van der Waals surface area contributed by atoms with E-state index in [9.17, 15) is 10.2 Å². The Bertz CT molecular complexity index is 705. The zero-order chi connectivity index (χ0) is 21.9. The van der Waals surface area contributed by atoms with Crippen LogP contribution in [0.15, 0.2) is 23.8 Å². The molecule has 9 atom stereocenters. The highest BCUT2D eigenvalue weighted by Crippen LogP contribution is 2.67. The number of fused-ring (bicyclic) bond motifs is 5. The minimum atomic E-state index is -0.727. The smallest absolute Gasteiger partial charge is 0.0823 e. The van der Waals surface area contributed by atoms with Crippen LogP contribution in [-0.4, -0.2) is 21.9 Å². The molecule has 3 fully saturated rings. The third-order valence-electron chi connectivity index (χ3n) is 10.8. The van der Waals surface area contributed by atoms with Crippen molar-refractivity contribution in [1.29, 1.82) is 0 Å². The second kappa shape index (κ2) is 7.77. The molecule has 0 radical (unpaired) electrons. The van der Waals surface area contributed by atoms with Crippen molar-refractivity contribution in [3.63, 3.8) is 0 Å². The summed E-state index contributed by atoms with van der Waals surface area (Å²) in [6, 6.07) is 0. The molecular weight excluding hydrogens is 368 g/mol. The molecule has 0 aromatic heterocycles. The number of hydrogen-bond donors (Lipinski definition) is 2. The van der Waals surface area contributed by atoms with Crippen molar-refractivity contribution in [1.82, 2.24) is 0 Å². The van der Waals surface area contributed by atoms with Gasteiger partial charge in [0.25, 0.3) is 0 Å². The highest BCUT2D eigenvalue weighted by Gasteiger charge is 2.59. The minimum Gasteiger partial charge on any atom is -0.393 e. The minimum absolute atomic E-state index is 0.108. The van der Waals surface area contributed by atoms with E-state index in [4.69, 9.17) is 0 Å². The van der Waals surface area contributed by atoms with Gasteiger partial charge in [-0.25, -0.2) is 0 Å². The zero-order valence-electron chi connectivity index (χ0n) is 20.2. The van der Waals surface area contributed by atoms with Gasteiger partial charge in [-0.15, -0.1) is 0 Å². The van der Waals surface area contributed by atoms with Crippen molar-refractivity contribution in [3.05, 3.63) is 23.8 Å². The second-order valence-corrected chi connectivity index (χ2v) is 12.5. The Morgan fingerprint density at radius 1 is 1.20 bits per heavy atom. The van der Waals surface area contributed by atoms with Crippen LogP contribution in [0.4, 0.5) is 0 Å². The predicted octanol–water partition coefficient (Wildman–Crippen LogP) is 6.67. The number of hydrogen-bond acceptors (Lipinski definition) is 2. The van der Waals surface area contributed by atoms with Crippen LogP contribution in [-0.2, 0) is 0 Å². The van der Waals surface area contributed by atoms with E-state index in [1.807, 2.05) is 13.8 Å². The number of aliphatic hydroxyl groups excluding tert-OH is 1. The summed E-state index contributed by atoms with van der Waals surface area (Å²) in [5, 5.41) is 20.9. The molecule has 1 unspecified atom stereocenters. The van der Waals surface area contributed by atoms with Gasteiger partial charge < -0.3 is 10.2 Å². The van der Waals surface area contributed by atoms with Gasteiger partial charge in [0.05, 0.1) is 11.7 Å². The number of rotatable bonds is 5. The molecule has 4 aliphatic carbocycles. The molecule has 4 aliphatic rings. The molecule has 0 amide bonds. The van der Waals surface area contributed by atoms with E-state index < -0.39 is 5.60 Å². The summed E-state index contributed by atoms with van der Waals surface area (Å²) in [6.07, 6.45) is 14.2. The van der Waals surface area contributed by atoms with Gasteiger partial charge in [-0.05, 0) is 124 Å². The Labute approximate surface area is 185 Å². The van der Waals surface area contributed by atoms with Crippen molar-refractivity contribution in [3.8, 4) is 0 Å². The van der Waals surface area contributed by atoms with Gasteiger partial charge in [0.2, 0.25) is 0 Å². The summed E-state index contributed by atoms with van der Waals surface area (Å²) >= 11 is 0. The summed E-state index contributed by atoms with van der Waals surface area (Å²) < 4.78 is 0. The van der Waals surface area contributed by atoms with Gasteiger partial charge in [-0.1, -0.05) is 39.0 Å². The maximum Gasteiger partial charge on any atom is 0.0823 e. The third kappa shape index (κ3) is 3.54. The van der Waals surface area contributed by atoms with E-state index in [1.165, 1.54) is 38.5 Å². The molecule has 0 saturated heterocycles. The van der Waals surface area contributed by atoms with E-state index in [1.54, 1.807) is 5.57 Å². The Morgan fingerprint density at radius 3 is 2.63 bits per heavy atom. The average molecular weight is 415 g/mol. The van der Waals surface area contributed by atoms with Crippen LogP contribution in [0.5, 0.6) is 0 Å². The lowest BCUT2D eigenvalue weighted by Crippen LogP contribution is -2.50. The van der Waals surface area contributed by atoms with Gasteiger partial charge >= 0.3 is 0 Å². The molecule has 0 aliphatic heterocycles. The van der Waals surface area contributed by atoms with Gasteiger partial charge in [-0.2, -0.15) is 0 Å². The number of aliphatic hydroxyl groups is 2. The van der Waals surface area contributed by atoms with E-state index in [-0.39, 0.29) is 6.10 Å². The maximum atomic E-state index is 10.7. The molecule has 0 aromatic rings. The van der Waals surface area contributed by atoms with Crippen LogP contribution in [0.2, 0.25) is 0 Å². The molecule has 2 nitrogen and oxygen atoms in total. The van der Waals surface area contributed by atoms with Gasteiger partial charge in [-0.3, -0.25) is 0 Å². The van der Waals surface area contributed by atoms with E-state index in [0.29, 0.717) is 16.7 Å². The van der Waals surface area contributed by atoms with Crippen molar-refractivity contribution >= 4 is 0 Å². The lowest BCUT2D eigenvalue weighted by molar-refractivity contribution is -0.0582. The van der Waals surface area contributed by atoms with E-state index in [2.05, 4.69) is 33.4 Å². The Balaban J connectivity index is 1.49. The van der Waals surface area contributed by atoms with Crippen LogP contribution < -0.4 is 0 Å². The zero-order valence-corrected chi connectivity index (χ0v) is 20.2. The normalized spacial score (nSPS) is 46.1. The Kier molecular flexibility index (Phi) is 5.85. The fourth-order valence-corrected chi connectivity index (χ4v) is 8.54. The van der Waals surface area contributed by atoms with Crippen LogP contribution in [0.3, 0.4) is 0 Å². The van der Waals surface area contributed by atoms with Gasteiger partial charge in [0.15, 0.2) is 0 Å². The van der Waals surface area contributed by atoms with Crippen molar-refractivity contribution in [2.75, 3.05) is 0 Å². The Hall–Kier alpha value is -0.600. The molecule has 0 spiro atoms. The molecule has 0 aromatic carbocycles. The fraction of sp³-hybridized carbons (Fsp3) is 0.857. The SMILES string of the molecule is C=C(C)[C@](C)(O)CC[C@@H](C)[C@H]1CC[C@H]2[C@@H]3CC=C4CC(O)CC[C@]4(C)[C@H]3CC[C@]12C. The Morgan fingerprint density at radius 2 is 1.93 bits per heavy atom. The molecule has 0 bridgehead atoms. The van der Waals surface area contributed by atoms with Crippen LogP contribution in [0.1, 0.15) is 98.8 Å². The molecule has 4 rings (SSSR count). The molecule has 0 heterocycles. The molecule has 170 valence electrons. The first kappa shape index (κ1) is 22.6. The first-order valence-electron chi connectivity index (χ1n) is 12.7. The lowest BCUT2D eigenvalue weighted by atomic mass is 9.47. The van der Waals surface area contributed by atoms with Gasteiger partial charge in [0, 0.05) is 0 Å². The fourth-order valence-electron chi connectivity index (χ4n) is 8.54. The van der Waals surface area contributed by atoms with Crippen LogP contribution in [0, 0.1) is 40.4 Å². The molecule has 30 heavy (non-hydrogen) atoms. The van der Waals surface area contributed by atoms with Crippen molar-refractivity contribution < 1.29 is 10.2 Å². The number of allylic oxidation sites excluding steroid dienone is 1. The second-order valence-electron chi connectivity index (χ2n) is 12.5. The standard InChI is InChI=1S/C28H46O2/c1-18(2)28(6,30)16-11-19(3)23-9-10-24-22-8-7-20-17-21(29)12-14-26(20,4)25(22)13-15-27(23,24)5/h7,19,21-25,29-30H,1,8-17H2,2-6H3/t19-,21?,22+,23-,24+,25+,26+,27-,28-/m1/s1. The van der Waals surface area contributed by atoms with Gasteiger partial charge in [0.1, 0.15) is 0 Å². The summed E-state index contributed by atoms with van der Waals surface area (Å²) in [5.41, 5.74) is 2.55. The predicted molar refractivity (Wildman–Crippen MR) is 125 cm³/mol. The van der Waals surface area contributed by atoms with Crippen LogP contribution in [0.25, 0.3) is 0 Å². The molecule has 2 N–H and O–H groups in total. The third-order valence-corrected chi connectivity index (χ3v) is 10.8. The van der Waals surface area contributed by atoms with Crippen LogP contribution >= 0.6 is 0 Å². The van der Waals surface area contributed by atoms with Crippen molar-refractivity contribution in [2.45, 2.75) is 111 Å². The highest BCUT2D eigenvalue weighted by molar-refractivity contribution is 5.25. The van der Waals surface area contributed by atoms with E-state index in [0.717, 1.165) is 54.9 Å². The largest absolute Gasteiger partial charge is 0.393 e. The first-order chi connectivity index (χ1) is 14.0. The molecule has 2 heteroatoms. The highest BCUT2D eigenvalue weighted by atomic mass is 16.3. The summed E-state index contributed by atoms with van der Waals surface area (Å²) in [6.45, 7) is 15.5.